The summed E-state index contributed by atoms with van der Waals surface area (Å²) in [5.41, 5.74) is -0.368. The van der Waals surface area contributed by atoms with Gasteiger partial charge in [-0.15, -0.1) is 0 Å². The zero-order valence-electron chi connectivity index (χ0n) is 12.0. The Bertz CT molecular complexity index is 640. The Labute approximate surface area is 126 Å². The molecule has 2 saturated heterocycles. The quantitative estimate of drug-likeness (QED) is 0.847. The first-order valence-electron chi connectivity index (χ1n) is 7.32. The van der Waals surface area contributed by atoms with Gasteiger partial charge in [0.15, 0.2) is 6.23 Å². The van der Waals surface area contributed by atoms with Gasteiger partial charge in [-0.05, 0) is 19.3 Å². The zero-order chi connectivity index (χ0) is 15.7. The highest BCUT2D eigenvalue weighted by molar-refractivity contribution is 5.57. The molecule has 3 rings (SSSR count). The average Bonchev–Trinajstić information content (AvgIpc) is 2.87. The molecule has 1 N–H and O–H groups in total. The van der Waals surface area contributed by atoms with E-state index in [0.717, 1.165) is 12.8 Å². The molecule has 2 fully saturated rings. The largest absolute Gasteiger partial charge is 0.388 e. The first kappa shape index (κ1) is 14.9. The van der Waals surface area contributed by atoms with Crippen LogP contribution in [0.1, 0.15) is 31.1 Å². The van der Waals surface area contributed by atoms with Crippen molar-refractivity contribution in [3.63, 3.8) is 0 Å². The van der Waals surface area contributed by atoms with Crippen LogP contribution in [-0.2, 0) is 4.74 Å². The average molecular weight is 308 g/mol. The highest BCUT2D eigenvalue weighted by Crippen LogP contribution is 2.25. The van der Waals surface area contributed by atoms with Crippen molar-refractivity contribution < 1.29 is 14.2 Å². The number of alkyl halides is 1. The van der Waals surface area contributed by atoms with E-state index in [1.807, 2.05) is 6.07 Å². The molecule has 8 heteroatoms. The lowest BCUT2D eigenvalue weighted by atomic mass is 10.2. The highest BCUT2D eigenvalue weighted by atomic mass is 19.1. The number of halogens is 1. The maximum atomic E-state index is 13.5. The Kier molecular flexibility index (Phi) is 4.09. The minimum Gasteiger partial charge on any atom is -0.388 e. The van der Waals surface area contributed by atoms with Gasteiger partial charge in [0.2, 0.25) is 0 Å². The van der Waals surface area contributed by atoms with E-state index in [-0.39, 0.29) is 24.3 Å². The van der Waals surface area contributed by atoms with Crippen LogP contribution in [0.3, 0.4) is 0 Å². The summed E-state index contributed by atoms with van der Waals surface area (Å²) in [5, 5.41) is 22.9. The second-order valence-corrected chi connectivity index (χ2v) is 5.58. The smallest absolute Gasteiger partial charge is 0.289 e. The van der Waals surface area contributed by atoms with Crippen LogP contribution in [-0.4, -0.2) is 46.9 Å². The summed E-state index contributed by atoms with van der Waals surface area (Å²) < 4.78 is 20.2. The Hall–Kier alpha value is -1.98. The molecule has 2 aliphatic rings. The zero-order valence-corrected chi connectivity index (χ0v) is 12.0. The van der Waals surface area contributed by atoms with Crippen LogP contribution >= 0.6 is 0 Å². The number of β-amino-alcohol motifs (C(OH)–C–C–N with tert-alkyl or cyclic N) is 1. The number of hydrogen-bond donors (Lipinski definition) is 1. The van der Waals surface area contributed by atoms with Gasteiger partial charge in [0.1, 0.15) is 23.9 Å². The van der Waals surface area contributed by atoms with E-state index < -0.39 is 24.1 Å². The van der Waals surface area contributed by atoms with Gasteiger partial charge in [-0.3, -0.25) is 4.79 Å². The lowest BCUT2D eigenvalue weighted by Gasteiger charge is -2.25. The second-order valence-electron chi connectivity index (χ2n) is 5.58. The molecule has 0 saturated carbocycles. The van der Waals surface area contributed by atoms with E-state index in [1.54, 1.807) is 0 Å². The number of nitriles is 1. The van der Waals surface area contributed by atoms with E-state index in [9.17, 15) is 19.6 Å². The molecule has 0 bridgehead atoms. The number of aromatic nitrogens is 2. The minimum absolute atomic E-state index is 0.0426. The summed E-state index contributed by atoms with van der Waals surface area (Å²) in [6.45, 7) is 0.548. The molecule has 118 valence electrons. The van der Waals surface area contributed by atoms with Crippen LogP contribution in [0.5, 0.6) is 0 Å². The fourth-order valence-corrected chi connectivity index (χ4v) is 2.87. The Morgan fingerprint density at radius 1 is 1.45 bits per heavy atom. The van der Waals surface area contributed by atoms with Gasteiger partial charge >= 0.3 is 0 Å². The minimum atomic E-state index is -1.39. The number of anilines is 1. The van der Waals surface area contributed by atoms with Crippen molar-refractivity contribution in [3.05, 3.63) is 22.1 Å². The van der Waals surface area contributed by atoms with Crippen molar-refractivity contribution in [3.8, 4) is 6.07 Å². The summed E-state index contributed by atoms with van der Waals surface area (Å²) in [6.07, 6.45) is 0.962. The van der Waals surface area contributed by atoms with Gasteiger partial charge in [-0.2, -0.15) is 15.0 Å². The SMILES string of the molecule is N#Cc1c(N2C[C@H](O)[C@@H](F)C2)cnn(C2CCCCO2)c1=O. The van der Waals surface area contributed by atoms with Crippen LogP contribution in [0.4, 0.5) is 10.1 Å². The molecule has 1 unspecified atom stereocenters. The summed E-state index contributed by atoms with van der Waals surface area (Å²) >= 11 is 0. The molecule has 1 aromatic rings. The van der Waals surface area contributed by atoms with Gasteiger partial charge in [0.05, 0.1) is 18.4 Å². The lowest BCUT2D eigenvalue weighted by Crippen LogP contribution is -2.34. The highest BCUT2D eigenvalue weighted by Gasteiger charge is 2.33. The Balaban J connectivity index is 1.95. The summed E-state index contributed by atoms with van der Waals surface area (Å²) in [4.78, 5) is 13.9. The Morgan fingerprint density at radius 2 is 2.27 bits per heavy atom. The maximum Gasteiger partial charge on any atom is 0.289 e. The summed E-state index contributed by atoms with van der Waals surface area (Å²) in [5.74, 6) is 0. The summed E-state index contributed by atoms with van der Waals surface area (Å²) in [7, 11) is 0. The van der Waals surface area contributed by atoms with Crippen LogP contribution in [0, 0.1) is 11.3 Å². The van der Waals surface area contributed by atoms with E-state index in [2.05, 4.69) is 5.10 Å². The number of aliphatic hydroxyl groups is 1. The number of ether oxygens (including phenoxy) is 1. The molecule has 0 aliphatic carbocycles. The summed E-state index contributed by atoms with van der Waals surface area (Å²) in [6, 6.07) is 1.88. The van der Waals surface area contributed by atoms with Crippen molar-refractivity contribution in [1.29, 1.82) is 5.26 Å². The first-order chi connectivity index (χ1) is 10.6. The van der Waals surface area contributed by atoms with Crippen molar-refractivity contribution in [2.24, 2.45) is 0 Å². The molecular formula is C14H17FN4O3. The van der Waals surface area contributed by atoms with Crippen molar-refractivity contribution in [1.82, 2.24) is 9.78 Å². The molecule has 22 heavy (non-hydrogen) atoms. The molecule has 0 aromatic carbocycles. The van der Waals surface area contributed by atoms with Crippen molar-refractivity contribution in [2.45, 2.75) is 37.8 Å². The third-order valence-corrected chi connectivity index (χ3v) is 4.08. The number of hydrogen-bond acceptors (Lipinski definition) is 6. The van der Waals surface area contributed by atoms with Gasteiger partial charge in [0.25, 0.3) is 5.56 Å². The third kappa shape index (κ3) is 2.58. The van der Waals surface area contributed by atoms with Crippen LogP contribution in [0.15, 0.2) is 11.0 Å². The van der Waals surface area contributed by atoms with Crippen LogP contribution < -0.4 is 10.5 Å². The molecular weight excluding hydrogens is 291 g/mol. The number of rotatable bonds is 2. The van der Waals surface area contributed by atoms with Gasteiger partial charge < -0.3 is 14.7 Å². The Morgan fingerprint density at radius 3 is 2.86 bits per heavy atom. The predicted octanol–water partition coefficient (Wildman–Crippen LogP) is 0.333. The lowest BCUT2D eigenvalue weighted by molar-refractivity contribution is -0.0425. The van der Waals surface area contributed by atoms with Gasteiger partial charge in [-0.1, -0.05) is 0 Å². The first-order valence-corrected chi connectivity index (χ1v) is 7.32. The number of aliphatic hydroxyl groups excluding tert-OH is 1. The topological polar surface area (TPSA) is 91.4 Å². The van der Waals surface area contributed by atoms with Gasteiger partial charge in [-0.25, -0.2) is 4.39 Å². The molecule has 1 aromatic heterocycles. The fraction of sp³-hybridized carbons (Fsp3) is 0.643. The monoisotopic (exact) mass is 308 g/mol. The third-order valence-electron chi connectivity index (χ3n) is 4.08. The number of nitrogens with zero attached hydrogens (tertiary/aromatic N) is 4. The van der Waals surface area contributed by atoms with Crippen LogP contribution in [0.2, 0.25) is 0 Å². The molecule has 0 radical (unpaired) electrons. The predicted molar refractivity (Wildman–Crippen MR) is 75.2 cm³/mol. The van der Waals surface area contributed by atoms with Crippen molar-refractivity contribution in [2.75, 3.05) is 24.6 Å². The molecule has 3 heterocycles. The maximum absolute atomic E-state index is 13.5. The van der Waals surface area contributed by atoms with E-state index in [0.29, 0.717) is 13.0 Å². The molecule has 2 aliphatic heterocycles. The fourth-order valence-electron chi connectivity index (χ4n) is 2.87. The van der Waals surface area contributed by atoms with Gasteiger partial charge in [0, 0.05) is 13.2 Å². The van der Waals surface area contributed by atoms with E-state index >= 15 is 0 Å². The van der Waals surface area contributed by atoms with E-state index in [4.69, 9.17) is 4.74 Å². The standard InChI is InChI=1S/C14H17FN4O3/c15-10-7-18(8-12(10)20)11-6-17-19(14(21)9(11)5-16)13-3-1-2-4-22-13/h6,10,12-13,20H,1-4,7-8H2/t10-,12-,13?/m0/s1. The molecule has 0 spiro atoms. The molecule has 3 atom stereocenters. The van der Waals surface area contributed by atoms with Crippen molar-refractivity contribution >= 4 is 5.69 Å². The van der Waals surface area contributed by atoms with E-state index in [1.165, 1.54) is 15.8 Å². The van der Waals surface area contributed by atoms with Crippen LogP contribution in [0.25, 0.3) is 0 Å². The normalized spacial score (nSPS) is 28.6. The second kappa shape index (κ2) is 6.02. The molecule has 0 amide bonds. The molecule has 7 nitrogen and oxygen atoms in total.